The van der Waals surface area contributed by atoms with Gasteiger partial charge < -0.3 is 10.6 Å². The largest absolute Gasteiger partial charge is 0.375 e. The van der Waals surface area contributed by atoms with Crippen LogP contribution in [-0.4, -0.2) is 20.1 Å². The van der Waals surface area contributed by atoms with Gasteiger partial charge in [-0.15, -0.1) is 0 Å². The molecule has 1 aromatic carbocycles. The summed E-state index contributed by atoms with van der Waals surface area (Å²) >= 11 is 0. The average molecular weight is 220 g/mol. The smallest absolute Gasteiger partial charge is 0.0363 e. The molecule has 90 valence electrons. The van der Waals surface area contributed by atoms with Gasteiger partial charge in [-0.3, -0.25) is 0 Å². The van der Waals surface area contributed by atoms with Crippen molar-refractivity contribution in [1.82, 2.24) is 0 Å². The molecule has 0 saturated heterocycles. The third-order valence-corrected chi connectivity index (χ3v) is 2.86. The highest BCUT2D eigenvalue weighted by Gasteiger charge is 2.00. The Hall–Kier alpha value is -1.02. The predicted molar refractivity (Wildman–Crippen MR) is 72.0 cm³/mol. The van der Waals surface area contributed by atoms with Gasteiger partial charge in [-0.25, -0.2) is 0 Å². The summed E-state index contributed by atoms with van der Waals surface area (Å²) in [6, 6.07) is 8.90. The lowest BCUT2D eigenvalue weighted by atomic mass is 10.1. The fourth-order valence-corrected chi connectivity index (χ4v) is 1.83. The zero-order chi connectivity index (χ0) is 11.8. The molecule has 0 spiro atoms. The van der Waals surface area contributed by atoms with Crippen molar-refractivity contribution in [3.8, 4) is 0 Å². The molecule has 0 atom stereocenters. The van der Waals surface area contributed by atoms with Crippen molar-refractivity contribution in [3.63, 3.8) is 0 Å². The SMILES string of the molecule is CCCc1ccc(N(C)CCCCN)cc1. The predicted octanol–water partition coefficient (Wildman–Crippen LogP) is 2.81. The van der Waals surface area contributed by atoms with Gasteiger partial charge in [-0.1, -0.05) is 25.5 Å². The highest BCUT2D eigenvalue weighted by molar-refractivity contribution is 5.46. The van der Waals surface area contributed by atoms with Crippen LogP contribution in [-0.2, 0) is 6.42 Å². The second-order valence-corrected chi connectivity index (χ2v) is 4.33. The van der Waals surface area contributed by atoms with E-state index in [4.69, 9.17) is 5.73 Å². The van der Waals surface area contributed by atoms with Crippen molar-refractivity contribution in [2.45, 2.75) is 32.6 Å². The fourth-order valence-electron chi connectivity index (χ4n) is 1.83. The fraction of sp³-hybridized carbons (Fsp3) is 0.571. The van der Waals surface area contributed by atoms with Crippen molar-refractivity contribution in [3.05, 3.63) is 29.8 Å². The maximum atomic E-state index is 5.49. The number of hydrogen-bond donors (Lipinski definition) is 1. The third kappa shape index (κ3) is 4.23. The van der Waals surface area contributed by atoms with Crippen LogP contribution in [0.15, 0.2) is 24.3 Å². The van der Waals surface area contributed by atoms with Gasteiger partial charge in [0.15, 0.2) is 0 Å². The summed E-state index contributed by atoms with van der Waals surface area (Å²) in [5.41, 5.74) is 8.22. The molecular weight excluding hydrogens is 196 g/mol. The number of hydrogen-bond acceptors (Lipinski definition) is 2. The molecule has 0 aromatic heterocycles. The van der Waals surface area contributed by atoms with Crippen LogP contribution < -0.4 is 10.6 Å². The molecule has 0 aliphatic heterocycles. The lowest BCUT2D eigenvalue weighted by Gasteiger charge is -2.19. The molecule has 1 aromatic rings. The standard InChI is InChI=1S/C14H24N2/c1-3-6-13-7-9-14(10-8-13)16(2)12-5-4-11-15/h7-10H,3-6,11-12,15H2,1-2H3. The van der Waals surface area contributed by atoms with E-state index >= 15 is 0 Å². The molecule has 0 unspecified atom stereocenters. The first-order chi connectivity index (χ1) is 7.77. The monoisotopic (exact) mass is 220 g/mol. The van der Waals surface area contributed by atoms with Gasteiger partial charge in [0.2, 0.25) is 0 Å². The molecule has 2 heteroatoms. The number of nitrogens with two attached hydrogens (primary N) is 1. The first-order valence-electron chi connectivity index (χ1n) is 6.28. The molecule has 16 heavy (non-hydrogen) atoms. The van der Waals surface area contributed by atoms with Gasteiger partial charge in [0, 0.05) is 19.3 Å². The van der Waals surface area contributed by atoms with Crippen LogP contribution in [0.5, 0.6) is 0 Å². The van der Waals surface area contributed by atoms with Gasteiger partial charge in [0.25, 0.3) is 0 Å². The number of unbranched alkanes of at least 4 members (excludes halogenated alkanes) is 1. The number of aryl methyl sites for hydroxylation is 1. The molecule has 0 radical (unpaired) electrons. The molecule has 0 aliphatic carbocycles. The Bertz CT molecular complexity index is 279. The molecule has 2 N–H and O–H groups in total. The molecule has 0 bridgehead atoms. The van der Waals surface area contributed by atoms with Crippen molar-refractivity contribution in [2.24, 2.45) is 5.73 Å². The molecule has 2 nitrogen and oxygen atoms in total. The number of rotatable bonds is 7. The molecule has 0 heterocycles. The van der Waals surface area contributed by atoms with E-state index in [2.05, 4.69) is 43.1 Å². The van der Waals surface area contributed by atoms with Crippen molar-refractivity contribution in [1.29, 1.82) is 0 Å². The highest BCUT2D eigenvalue weighted by atomic mass is 15.1. The van der Waals surface area contributed by atoms with Crippen LogP contribution in [0.25, 0.3) is 0 Å². The summed E-state index contributed by atoms with van der Waals surface area (Å²) in [4.78, 5) is 2.30. The van der Waals surface area contributed by atoms with Crippen LogP contribution in [0, 0.1) is 0 Å². The zero-order valence-corrected chi connectivity index (χ0v) is 10.6. The zero-order valence-electron chi connectivity index (χ0n) is 10.6. The van der Waals surface area contributed by atoms with Crippen molar-refractivity contribution in [2.75, 3.05) is 25.0 Å². The number of benzene rings is 1. The van der Waals surface area contributed by atoms with Crippen molar-refractivity contribution < 1.29 is 0 Å². The van der Waals surface area contributed by atoms with E-state index in [0.717, 1.165) is 19.5 Å². The second kappa shape index (κ2) is 7.29. The Morgan fingerprint density at radius 2 is 1.81 bits per heavy atom. The Labute approximate surface area is 99.5 Å². The summed E-state index contributed by atoms with van der Waals surface area (Å²) < 4.78 is 0. The minimum absolute atomic E-state index is 0.795. The van der Waals surface area contributed by atoms with Gasteiger partial charge in [-0.05, 0) is 43.5 Å². The lowest BCUT2D eigenvalue weighted by Crippen LogP contribution is -2.19. The molecule has 0 fully saturated rings. The Kier molecular flexibility index (Phi) is 5.94. The summed E-state index contributed by atoms with van der Waals surface area (Å²) in [7, 11) is 2.14. The van der Waals surface area contributed by atoms with E-state index in [1.807, 2.05) is 0 Å². The van der Waals surface area contributed by atoms with E-state index < -0.39 is 0 Å². The van der Waals surface area contributed by atoms with Gasteiger partial charge >= 0.3 is 0 Å². The summed E-state index contributed by atoms with van der Waals surface area (Å²) in [6.07, 6.45) is 4.67. The highest BCUT2D eigenvalue weighted by Crippen LogP contribution is 2.15. The van der Waals surface area contributed by atoms with Crippen LogP contribution in [0.4, 0.5) is 5.69 Å². The van der Waals surface area contributed by atoms with Crippen molar-refractivity contribution >= 4 is 5.69 Å². The first kappa shape index (κ1) is 13.0. The average Bonchev–Trinajstić information content (AvgIpc) is 2.30. The Balaban J connectivity index is 2.46. The number of anilines is 1. The summed E-state index contributed by atoms with van der Waals surface area (Å²) in [5.74, 6) is 0. The summed E-state index contributed by atoms with van der Waals surface area (Å²) in [5, 5.41) is 0. The van der Waals surface area contributed by atoms with Gasteiger partial charge in [0.1, 0.15) is 0 Å². The molecule has 1 rings (SSSR count). The quantitative estimate of drug-likeness (QED) is 0.716. The van der Waals surface area contributed by atoms with Gasteiger partial charge in [0.05, 0.1) is 0 Å². The maximum Gasteiger partial charge on any atom is 0.0363 e. The topological polar surface area (TPSA) is 29.3 Å². The first-order valence-corrected chi connectivity index (χ1v) is 6.28. The van der Waals surface area contributed by atoms with Crippen LogP contribution in [0.3, 0.4) is 0 Å². The van der Waals surface area contributed by atoms with E-state index in [1.165, 1.54) is 30.5 Å². The van der Waals surface area contributed by atoms with Crippen LogP contribution in [0.2, 0.25) is 0 Å². The molecular formula is C14H24N2. The molecule has 0 aliphatic rings. The molecule has 0 amide bonds. The maximum absolute atomic E-state index is 5.49. The third-order valence-electron chi connectivity index (χ3n) is 2.86. The van der Waals surface area contributed by atoms with Gasteiger partial charge in [-0.2, -0.15) is 0 Å². The Morgan fingerprint density at radius 3 is 2.38 bits per heavy atom. The van der Waals surface area contributed by atoms with Crippen LogP contribution in [0.1, 0.15) is 31.7 Å². The second-order valence-electron chi connectivity index (χ2n) is 4.33. The minimum atomic E-state index is 0.795. The minimum Gasteiger partial charge on any atom is -0.375 e. The van der Waals surface area contributed by atoms with E-state index in [9.17, 15) is 0 Å². The van der Waals surface area contributed by atoms with E-state index in [-0.39, 0.29) is 0 Å². The summed E-state index contributed by atoms with van der Waals surface area (Å²) in [6.45, 7) is 4.10. The number of nitrogens with zero attached hydrogens (tertiary/aromatic N) is 1. The van der Waals surface area contributed by atoms with E-state index in [1.54, 1.807) is 0 Å². The normalized spacial score (nSPS) is 10.4. The molecule has 0 saturated carbocycles. The van der Waals surface area contributed by atoms with Crippen LogP contribution >= 0.6 is 0 Å². The van der Waals surface area contributed by atoms with E-state index in [0.29, 0.717) is 0 Å². The Morgan fingerprint density at radius 1 is 1.12 bits per heavy atom. The lowest BCUT2D eigenvalue weighted by molar-refractivity contribution is 0.728.